The largest absolute Gasteiger partial charge is 0.546 e. The molecule has 1 radical (unpaired) electrons. The van der Waals surface area contributed by atoms with Gasteiger partial charge in [0.15, 0.2) is 0 Å². The second kappa shape index (κ2) is 6.40. The number of ether oxygens (including phenoxy) is 1. The Bertz CT molecular complexity index is 542. The van der Waals surface area contributed by atoms with Crippen LogP contribution in [0.5, 0.6) is 5.75 Å². The van der Waals surface area contributed by atoms with Crippen molar-refractivity contribution in [2.45, 2.75) is 0 Å². The molecule has 0 atom stereocenters. The standard InChI is InChI=1S/C12H9BrO3.Na/c13-12-9-4-2-1-3-8(9)5-6-10(12)16-7-11(14)15;/h1-6H,7H2,(H,14,15);/p-1. The van der Waals surface area contributed by atoms with Crippen molar-refractivity contribution in [1.82, 2.24) is 0 Å². The Morgan fingerprint density at radius 1 is 1.24 bits per heavy atom. The van der Waals surface area contributed by atoms with Gasteiger partial charge in [-0.2, -0.15) is 0 Å². The zero-order valence-electron chi connectivity index (χ0n) is 9.27. The molecule has 0 spiro atoms. The Morgan fingerprint density at radius 2 is 1.94 bits per heavy atom. The van der Waals surface area contributed by atoms with E-state index in [4.69, 9.17) is 4.74 Å². The fourth-order valence-corrected chi connectivity index (χ4v) is 2.07. The average molecular weight is 303 g/mol. The minimum Gasteiger partial charge on any atom is -0.546 e. The smallest absolute Gasteiger partial charge is 0.134 e. The topological polar surface area (TPSA) is 49.4 Å². The molecule has 0 bridgehead atoms. The van der Waals surface area contributed by atoms with Crippen LogP contribution in [0.3, 0.4) is 0 Å². The summed E-state index contributed by atoms with van der Waals surface area (Å²) in [5.41, 5.74) is 0. The summed E-state index contributed by atoms with van der Waals surface area (Å²) in [6, 6.07) is 11.4. The van der Waals surface area contributed by atoms with Crippen molar-refractivity contribution in [1.29, 1.82) is 0 Å². The number of carbonyl (C=O) groups excluding carboxylic acids is 1. The average Bonchev–Trinajstić information content (AvgIpc) is 2.28. The van der Waals surface area contributed by atoms with Crippen LogP contribution >= 0.6 is 15.9 Å². The van der Waals surface area contributed by atoms with Gasteiger partial charge in [-0.25, -0.2) is 0 Å². The van der Waals surface area contributed by atoms with E-state index in [1.165, 1.54) is 0 Å². The minimum atomic E-state index is -1.24. The van der Waals surface area contributed by atoms with E-state index in [1.54, 1.807) is 6.07 Å². The van der Waals surface area contributed by atoms with Gasteiger partial charge in [0.25, 0.3) is 0 Å². The predicted molar refractivity (Wildman–Crippen MR) is 67.9 cm³/mol. The maximum absolute atomic E-state index is 10.3. The van der Waals surface area contributed by atoms with E-state index in [0.717, 1.165) is 15.2 Å². The zero-order valence-corrected chi connectivity index (χ0v) is 12.9. The molecule has 5 heteroatoms. The van der Waals surface area contributed by atoms with Crippen LogP contribution in [0.1, 0.15) is 0 Å². The van der Waals surface area contributed by atoms with Crippen LogP contribution in [0, 0.1) is 0 Å². The molecule has 3 nitrogen and oxygen atoms in total. The maximum Gasteiger partial charge on any atom is 0.134 e. The van der Waals surface area contributed by atoms with Crippen LogP contribution in [0.25, 0.3) is 10.8 Å². The second-order valence-corrected chi connectivity index (χ2v) is 4.05. The van der Waals surface area contributed by atoms with Crippen LogP contribution < -0.4 is 9.84 Å². The summed E-state index contributed by atoms with van der Waals surface area (Å²) in [6.07, 6.45) is 0. The summed E-state index contributed by atoms with van der Waals surface area (Å²) >= 11 is 3.39. The molecular formula is C12H8BrNaO3-. The van der Waals surface area contributed by atoms with Crippen molar-refractivity contribution in [3.63, 3.8) is 0 Å². The molecule has 0 aliphatic carbocycles. The summed E-state index contributed by atoms with van der Waals surface area (Å²) in [6.45, 7) is -0.447. The first kappa shape index (κ1) is 14.5. The Hall–Kier alpha value is -0.550. The van der Waals surface area contributed by atoms with E-state index in [-0.39, 0.29) is 29.6 Å². The molecule has 0 aliphatic heterocycles. The molecule has 2 rings (SSSR count). The van der Waals surface area contributed by atoms with Crippen molar-refractivity contribution >= 4 is 62.2 Å². The summed E-state index contributed by atoms with van der Waals surface area (Å²) in [5.74, 6) is -0.733. The van der Waals surface area contributed by atoms with Crippen LogP contribution in [0.2, 0.25) is 0 Å². The van der Waals surface area contributed by atoms with E-state index in [0.29, 0.717) is 5.75 Å². The Labute approximate surface area is 129 Å². The minimum absolute atomic E-state index is 0. The fourth-order valence-electron chi connectivity index (χ4n) is 1.46. The summed E-state index contributed by atoms with van der Waals surface area (Å²) in [4.78, 5) is 10.3. The van der Waals surface area contributed by atoms with Crippen LogP contribution in [0.4, 0.5) is 0 Å². The first-order valence-corrected chi connectivity index (χ1v) is 5.47. The summed E-state index contributed by atoms with van der Waals surface area (Å²) in [7, 11) is 0. The van der Waals surface area contributed by atoms with E-state index < -0.39 is 12.6 Å². The van der Waals surface area contributed by atoms with Crippen LogP contribution in [-0.2, 0) is 4.79 Å². The van der Waals surface area contributed by atoms with Gasteiger partial charge in [0.05, 0.1) is 10.4 Å². The Morgan fingerprint density at radius 3 is 2.65 bits per heavy atom. The second-order valence-electron chi connectivity index (χ2n) is 3.26. The van der Waals surface area contributed by atoms with Gasteiger partial charge >= 0.3 is 0 Å². The first-order chi connectivity index (χ1) is 7.68. The molecule has 83 valence electrons. The maximum atomic E-state index is 10.3. The number of carbonyl (C=O) groups is 1. The Balaban J connectivity index is 0.00000144. The third-order valence-corrected chi connectivity index (χ3v) is 2.99. The molecule has 2 aromatic carbocycles. The molecule has 2 aromatic rings. The number of carboxylic acids is 1. The number of halogens is 1. The van der Waals surface area contributed by atoms with Crippen molar-refractivity contribution < 1.29 is 14.6 Å². The third-order valence-electron chi connectivity index (χ3n) is 2.17. The van der Waals surface area contributed by atoms with Gasteiger partial charge in [-0.05, 0) is 32.8 Å². The molecule has 17 heavy (non-hydrogen) atoms. The van der Waals surface area contributed by atoms with Crippen LogP contribution in [0.15, 0.2) is 40.9 Å². The normalized spacial score (nSPS) is 9.71. The molecule has 0 saturated carbocycles. The summed E-state index contributed by atoms with van der Waals surface area (Å²) < 4.78 is 5.85. The number of benzene rings is 2. The van der Waals surface area contributed by atoms with Crippen molar-refractivity contribution in [3.8, 4) is 5.75 Å². The Kier molecular flexibility index (Phi) is 5.46. The molecule has 0 unspecified atom stereocenters. The van der Waals surface area contributed by atoms with Gasteiger partial charge in [-0.1, -0.05) is 30.3 Å². The summed E-state index contributed by atoms with van der Waals surface area (Å²) in [5, 5.41) is 12.3. The first-order valence-electron chi connectivity index (χ1n) is 4.68. The predicted octanol–water partition coefficient (Wildman–Crippen LogP) is 1.35. The van der Waals surface area contributed by atoms with Crippen molar-refractivity contribution in [2.75, 3.05) is 6.61 Å². The van der Waals surface area contributed by atoms with Gasteiger partial charge < -0.3 is 14.6 Å². The number of hydrogen-bond donors (Lipinski definition) is 0. The molecule has 0 aromatic heterocycles. The quantitative estimate of drug-likeness (QED) is 0.804. The molecule has 0 amide bonds. The molecular weight excluding hydrogens is 295 g/mol. The van der Waals surface area contributed by atoms with E-state index in [1.807, 2.05) is 30.3 Å². The zero-order chi connectivity index (χ0) is 11.5. The molecule has 0 fully saturated rings. The third kappa shape index (κ3) is 3.45. The van der Waals surface area contributed by atoms with E-state index in [2.05, 4.69) is 15.9 Å². The van der Waals surface area contributed by atoms with Crippen LogP contribution in [-0.4, -0.2) is 42.1 Å². The number of carboxylic acid groups (broad SMARTS) is 1. The van der Waals surface area contributed by atoms with Gasteiger partial charge in [0.2, 0.25) is 0 Å². The number of fused-ring (bicyclic) bond motifs is 1. The van der Waals surface area contributed by atoms with E-state index >= 15 is 0 Å². The number of hydrogen-bond acceptors (Lipinski definition) is 3. The van der Waals surface area contributed by atoms with Gasteiger partial charge in [0.1, 0.15) is 12.4 Å². The molecule has 0 N–H and O–H groups in total. The SMILES string of the molecule is O=C([O-])COc1ccc2ccccc2c1Br.[Na]. The number of rotatable bonds is 3. The van der Waals surface area contributed by atoms with Crippen molar-refractivity contribution in [2.24, 2.45) is 0 Å². The molecule has 0 aliphatic rings. The molecule has 0 saturated heterocycles. The van der Waals surface area contributed by atoms with Gasteiger partial charge in [-0.3, -0.25) is 0 Å². The van der Waals surface area contributed by atoms with Crippen molar-refractivity contribution in [3.05, 3.63) is 40.9 Å². The molecule has 0 heterocycles. The number of aliphatic carboxylic acids is 1. The monoisotopic (exact) mass is 302 g/mol. The fraction of sp³-hybridized carbons (Fsp3) is 0.0833. The van der Waals surface area contributed by atoms with E-state index in [9.17, 15) is 9.90 Å². The van der Waals surface area contributed by atoms with Gasteiger partial charge in [-0.15, -0.1) is 0 Å². The van der Waals surface area contributed by atoms with Gasteiger partial charge in [0, 0.05) is 29.6 Å².